The van der Waals surface area contributed by atoms with Crippen LogP contribution in [0, 0.1) is 17.2 Å². The lowest BCUT2D eigenvalue weighted by Gasteiger charge is -2.43. The molecular formula is C16H20N2O2. The molecule has 0 heterocycles. The number of carbonyl (C=O) groups is 1. The fourth-order valence-corrected chi connectivity index (χ4v) is 2.49. The summed E-state index contributed by atoms with van der Waals surface area (Å²) in [6.07, 6.45) is 1.81. The van der Waals surface area contributed by atoms with Gasteiger partial charge in [-0.1, -0.05) is 26.0 Å². The molecule has 0 aromatic heterocycles. The van der Waals surface area contributed by atoms with Gasteiger partial charge in [0.1, 0.15) is 6.10 Å². The predicted molar refractivity (Wildman–Crippen MR) is 75.7 cm³/mol. The molecule has 106 valence electrons. The number of aliphatic hydroxyl groups is 1. The highest BCUT2D eigenvalue weighted by atomic mass is 16.3. The number of hydrogen-bond acceptors (Lipinski definition) is 3. The fourth-order valence-electron chi connectivity index (χ4n) is 2.49. The zero-order chi connectivity index (χ0) is 14.8. The van der Waals surface area contributed by atoms with Crippen molar-refractivity contribution in [3.63, 3.8) is 0 Å². The van der Waals surface area contributed by atoms with Gasteiger partial charge in [0, 0.05) is 0 Å². The van der Waals surface area contributed by atoms with Crippen LogP contribution >= 0.6 is 0 Å². The van der Waals surface area contributed by atoms with Gasteiger partial charge in [0.25, 0.3) is 0 Å². The van der Waals surface area contributed by atoms with E-state index in [9.17, 15) is 9.90 Å². The molecule has 1 amide bonds. The van der Waals surface area contributed by atoms with E-state index in [0.29, 0.717) is 5.56 Å². The molecule has 1 aromatic carbocycles. The number of rotatable bonds is 4. The number of nitrogens with one attached hydrogen (secondary N) is 1. The number of aliphatic hydroxyl groups excluding tert-OH is 1. The van der Waals surface area contributed by atoms with E-state index < -0.39 is 6.10 Å². The highest BCUT2D eigenvalue weighted by Gasteiger charge is 2.41. The molecule has 1 aromatic rings. The van der Waals surface area contributed by atoms with E-state index >= 15 is 0 Å². The van der Waals surface area contributed by atoms with Crippen LogP contribution in [0.15, 0.2) is 24.3 Å². The van der Waals surface area contributed by atoms with Crippen molar-refractivity contribution in [1.29, 1.82) is 5.26 Å². The average Bonchev–Trinajstić information content (AvgIpc) is 2.41. The minimum Gasteiger partial charge on any atom is -0.383 e. The summed E-state index contributed by atoms with van der Waals surface area (Å²) in [4.78, 5) is 12.1. The van der Waals surface area contributed by atoms with Crippen molar-refractivity contribution in [2.24, 2.45) is 5.92 Å². The summed E-state index contributed by atoms with van der Waals surface area (Å²) in [5.41, 5.74) is 1.24. The molecule has 1 unspecified atom stereocenters. The smallest absolute Gasteiger partial charge is 0.249 e. The predicted octanol–water partition coefficient (Wildman–Crippen LogP) is 2.07. The first-order valence-corrected chi connectivity index (χ1v) is 6.99. The monoisotopic (exact) mass is 272 g/mol. The third-order valence-corrected chi connectivity index (χ3v) is 4.04. The van der Waals surface area contributed by atoms with E-state index in [4.69, 9.17) is 5.26 Å². The number of carbonyl (C=O) groups excluding carboxylic acids is 1. The molecule has 1 fully saturated rings. The Bertz CT molecular complexity index is 524. The third-order valence-electron chi connectivity index (χ3n) is 4.04. The Balaban J connectivity index is 2.17. The lowest BCUT2D eigenvalue weighted by Crippen LogP contribution is -2.54. The maximum atomic E-state index is 12.1. The van der Waals surface area contributed by atoms with Crippen molar-refractivity contribution >= 4 is 5.91 Å². The molecule has 0 bridgehead atoms. The third kappa shape index (κ3) is 2.68. The topological polar surface area (TPSA) is 73.1 Å². The zero-order valence-electron chi connectivity index (χ0n) is 11.9. The van der Waals surface area contributed by atoms with E-state index in [0.717, 1.165) is 24.8 Å². The molecule has 1 saturated carbocycles. The van der Waals surface area contributed by atoms with Gasteiger partial charge in [0.2, 0.25) is 5.91 Å². The van der Waals surface area contributed by atoms with Crippen LogP contribution in [0.25, 0.3) is 0 Å². The lowest BCUT2D eigenvalue weighted by atomic mass is 9.71. The van der Waals surface area contributed by atoms with Crippen molar-refractivity contribution in [2.45, 2.75) is 44.8 Å². The van der Waals surface area contributed by atoms with Gasteiger partial charge in [-0.3, -0.25) is 4.79 Å². The van der Waals surface area contributed by atoms with Gasteiger partial charge < -0.3 is 10.4 Å². The molecule has 2 N–H and O–H groups in total. The van der Waals surface area contributed by atoms with E-state index in [-0.39, 0.29) is 17.4 Å². The van der Waals surface area contributed by atoms with E-state index in [2.05, 4.69) is 11.4 Å². The van der Waals surface area contributed by atoms with Crippen LogP contribution in [-0.2, 0) is 10.3 Å². The van der Waals surface area contributed by atoms with Crippen LogP contribution in [0.5, 0.6) is 0 Å². The van der Waals surface area contributed by atoms with Gasteiger partial charge >= 0.3 is 0 Å². The quantitative estimate of drug-likeness (QED) is 0.881. The fraction of sp³-hybridized carbons (Fsp3) is 0.500. The highest BCUT2D eigenvalue weighted by Crippen LogP contribution is 2.41. The molecule has 4 nitrogen and oxygen atoms in total. The number of nitriles is 1. The second-order valence-corrected chi connectivity index (χ2v) is 5.80. The van der Waals surface area contributed by atoms with Gasteiger partial charge in [-0.25, -0.2) is 0 Å². The van der Waals surface area contributed by atoms with Crippen LogP contribution in [0.3, 0.4) is 0 Å². The number of nitrogens with zero attached hydrogens (tertiary/aromatic N) is 1. The van der Waals surface area contributed by atoms with Crippen LogP contribution in [0.2, 0.25) is 0 Å². The standard InChI is InChI=1S/C16H20N2O2/c1-11(2)14(19)15(20)18-16(8-3-9-16)13-6-4-12(10-17)5-7-13/h4-7,11,14,19H,3,8-9H2,1-2H3,(H,18,20). The van der Waals surface area contributed by atoms with Gasteiger partial charge in [-0.05, 0) is 42.9 Å². The first-order chi connectivity index (χ1) is 9.48. The molecule has 0 aliphatic heterocycles. The van der Waals surface area contributed by atoms with Crippen molar-refractivity contribution in [1.82, 2.24) is 5.32 Å². The van der Waals surface area contributed by atoms with Gasteiger partial charge in [-0.2, -0.15) is 5.26 Å². The molecule has 2 rings (SSSR count). The number of amides is 1. The summed E-state index contributed by atoms with van der Waals surface area (Å²) in [5, 5.41) is 21.7. The summed E-state index contributed by atoms with van der Waals surface area (Å²) in [6.45, 7) is 3.64. The normalized spacial score (nSPS) is 17.9. The summed E-state index contributed by atoms with van der Waals surface area (Å²) in [5.74, 6) is -0.419. The van der Waals surface area contributed by atoms with E-state index in [1.165, 1.54) is 0 Å². The van der Waals surface area contributed by atoms with E-state index in [1.807, 2.05) is 26.0 Å². The van der Waals surface area contributed by atoms with Crippen LogP contribution in [0.1, 0.15) is 44.2 Å². The van der Waals surface area contributed by atoms with Crippen LogP contribution in [-0.4, -0.2) is 17.1 Å². The Morgan fingerprint density at radius 1 is 1.35 bits per heavy atom. The Labute approximate surface area is 119 Å². The average molecular weight is 272 g/mol. The SMILES string of the molecule is CC(C)C(O)C(=O)NC1(c2ccc(C#N)cc2)CCC1. The first kappa shape index (κ1) is 14.5. The molecule has 1 aliphatic carbocycles. The maximum absolute atomic E-state index is 12.1. The summed E-state index contributed by atoms with van der Waals surface area (Å²) < 4.78 is 0. The van der Waals surface area contributed by atoms with Gasteiger partial charge in [0.15, 0.2) is 0 Å². The van der Waals surface area contributed by atoms with Gasteiger partial charge in [0.05, 0.1) is 17.2 Å². The molecule has 0 saturated heterocycles. The van der Waals surface area contributed by atoms with Crippen molar-refractivity contribution in [2.75, 3.05) is 0 Å². The lowest BCUT2D eigenvalue weighted by molar-refractivity contribution is -0.134. The largest absolute Gasteiger partial charge is 0.383 e. The molecule has 0 radical (unpaired) electrons. The Hall–Kier alpha value is -1.86. The maximum Gasteiger partial charge on any atom is 0.249 e. The summed E-state index contributed by atoms with van der Waals surface area (Å²) in [7, 11) is 0. The van der Waals surface area contributed by atoms with Crippen molar-refractivity contribution in [3.8, 4) is 6.07 Å². The summed E-state index contributed by atoms with van der Waals surface area (Å²) >= 11 is 0. The Kier molecular flexibility index (Phi) is 4.10. The van der Waals surface area contributed by atoms with Crippen LogP contribution in [0.4, 0.5) is 0 Å². The molecule has 1 atom stereocenters. The Morgan fingerprint density at radius 3 is 2.35 bits per heavy atom. The van der Waals surface area contributed by atoms with Gasteiger partial charge in [-0.15, -0.1) is 0 Å². The van der Waals surface area contributed by atoms with Crippen molar-refractivity contribution < 1.29 is 9.90 Å². The molecule has 20 heavy (non-hydrogen) atoms. The molecule has 4 heteroatoms. The number of benzene rings is 1. The van der Waals surface area contributed by atoms with Crippen LogP contribution < -0.4 is 5.32 Å². The van der Waals surface area contributed by atoms with E-state index in [1.54, 1.807) is 12.1 Å². The minimum atomic E-state index is -0.981. The minimum absolute atomic E-state index is 0.104. The molecular weight excluding hydrogens is 252 g/mol. The zero-order valence-corrected chi connectivity index (χ0v) is 11.9. The second kappa shape index (κ2) is 5.64. The van der Waals surface area contributed by atoms with Crippen molar-refractivity contribution in [3.05, 3.63) is 35.4 Å². The summed E-state index contributed by atoms with van der Waals surface area (Å²) in [6, 6.07) is 9.39. The molecule has 0 spiro atoms. The second-order valence-electron chi connectivity index (χ2n) is 5.80. The molecule has 1 aliphatic rings. The number of hydrogen-bond donors (Lipinski definition) is 2. The first-order valence-electron chi connectivity index (χ1n) is 6.99. The highest BCUT2D eigenvalue weighted by molar-refractivity contribution is 5.81. The Morgan fingerprint density at radius 2 is 1.95 bits per heavy atom.